The lowest BCUT2D eigenvalue weighted by atomic mass is 9.84. The van der Waals surface area contributed by atoms with Crippen LogP contribution in [-0.2, 0) is 9.59 Å². The maximum Gasteiger partial charge on any atom is 0.247 e. The second-order valence-corrected chi connectivity index (χ2v) is 9.89. The number of aromatic nitrogens is 1. The molecule has 1 aliphatic heterocycles. The summed E-state index contributed by atoms with van der Waals surface area (Å²) in [5.41, 5.74) is 3.54. The molecule has 1 unspecified atom stereocenters. The zero-order valence-electron chi connectivity index (χ0n) is 20.7. The van der Waals surface area contributed by atoms with Crippen LogP contribution in [0.3, 0.4) is 0 Å². The third kappa shape index (κ3) is 3.74. The van der Waals surface area contributed by atoms with Crippen LogP contribution < -0.4 is 14.4 Å². The molecule has 0 radical (unpaired) electrons. The topological polar surface area (TPSA) is 64.0 Å². The van der Waals surface area contributed by atoms with Gasteiger partial charge in [-0.15, -0.1) is 0 Å². The molecule has 0 N–H and O–H groups in total. The Morgan fingerprint density at radius 3 is 2.39 bits per heavy atom. The van der Waals surface area contributed by atoms with E-state index in [-0.39, 0.29) is 30.3 Å². The molecule has 6 rings (SSSR count). The number of hydrogen-bond donors (Lipinski definition) is 0. The van der Waals surface area contributed by atoms with Gasteiger partial charge in [-0.05, 0) is 68.1 Å². The van der Waals surface area contributed by atoms with E-state index in [1.807, 2.05) is 70.6 Å². The average molecular weight is 486 g/mol. The van der Waals surface area contributed by atoms with Crippen LogP contribution in [0.5, 0.6) is 11.5 Å². The highest BCUT2D eigenvalue weighted by Crippen LogP contribution is 2.46. The molecule has 1 atom stereocenters. The first kappa shape index (κ1) is 22.7. The molecule has 2 aromatic carbocycles. The Morgan fingerprint density at radius 1 is 0.944 bits per heavy atom. The van der Waals surface area contributed by atoms with Crippen molar-refractivity contribution in [3.63, 3.8) is 0 Å². The number of rotatable bonds is 7. The van der Waals surface area contributed by atoms with E-state index in [4.69, 9.17) is 9.47 Å². The third-order valence-electron chi connectivity index (χ3n) is 7.75. The number of anilines is 1. The van der Waals surface area contributed by atoms with Gasteiger partial charge in [0.2, 0.25) is 11.8 Å². The number of ether oxygens (including phenoxy) is 2. The van der Waals surface area contributed by atoms with Gasteiger partial charge in [0.25, 0.3) is 0 Å². The van der Waals surface area contributed by atoms with Crippen molar-refractivity contribution >= 4 is 17.5 Å². The highest BCUT2D eigenvalue weighted by molar-refractivity contribution is 6.00. The second kappa shape index (κ2) is 9.04. The molecule has 2 aliphatic carbocycles. The van der Waals surface area contributed by atoms with Crippen molar-refractivity contribution in [3.05, 3.63) is 72.1 Å². The summed E-state index contributed by atoms with van der Waals surface area (Å²) in [6, 6.07) is 17.4. The molecule has 0 bridgehead atoms. The van der Waals surface area contributed by atoms with E-state index in [1.165, 1.54) is 0 Å². The number of methoxy groups -OCH3 is 2. The normalized spacial score (nSPS) is 18.6. The van der Waals surface area contributed by atoms with Crippen LogP contribution in [0.1, 0.15) is 49.4 Å². The Morgan fingerprint density at radius 2 is 1.72 bits per heavy atom. The van der Waals surface area contributed by atoms with Gasteiger partial charge in [-0.1, -0.05) is 18.6 Å². The van der Waals surface area contributed by atoms with Crippen LogP contribution in [-0.4, -0.2) is 48.1 Å². The largest absolute Gasteiger partial charge is 0.497 e. The smallest absolute Gasteiger partial charge is 0.247 e. The summed E-state index contributed by atoms with van der Waals surface area (Å²) >= 11 is 0. The number of benzene rings is 2. The summed E-state index contributed by atoms with van der Waals surface area (Å²) in [4.78, 5) is 31.2. The number of amides is 2. The first-order valence-electron chi connectivity index (χ1n) is 12.7. The number of para-hydroxylation sites is 2. The summed E-state index contributed by atoms with van der Waals surface area (Å²) in [5.74, 6) is 1.48. The molecule has 7 heteroatoms. The molecular weight excluding hydrogens is 454 g/mol. The lowest BCUT2D eigenvalue weighted by Crippen LogP contribution is -2.49. The molecule has 0 spiro atoms. The highest BCUT2D eigenvalue weighted by atomic mass is 16.5. The molecule has 36 heavy (non-hydrogen) atoms. The molecule has 7 nitrogen and oxygen atoms in total. The maximum absolute atomic E-state index is 14.3. The van der Waals surface area contributed by atoms with E-state index < -0.39 is 6.04 Å². The quantitative estimate of drug-likeness (QED) is 0.486. The van der Waals surface area contributed by atoms with Gasteiger partial charge in [0.05, 0.1) is 31.3 Å². The lowest BCUT2D eigenvalue weighted by Gasteiger charge is -2.40. The minimum atomic E-state index is -0.438. The second-order valence-electron chi connectivity index (χ2n) is 9.89. The minimum Gasteiger partial charge on any atom is -0.497 e. The van der Waals surface area contributed by atoms with Crippen molar-refractivity contribution in [3.8, 4) is 17.2 Å². The van der Waals surface area contributed by atoms with Crippen molar-refractivity contribution in [2.75, 3.05) is 25.7 Å². The molecule has 186 valence electrons. The molecule has 3 aromatic rings. The minimum absolute atomic E-state index is 0.0681. The molecule has 0 saturated heterocycles. The third-order valence-corrected chi connectivity index (χ3v) is 7.75. The maximum atomic E-state index is 14.3. The van der Waals surface area contributed by atoms with Gasteiger partial charge in [-0.25, -0.2) is 0 Å². The van der Waals surface area contributed by atoms with Crippen molar-refractivity contribution in [2.24, 2.45) is 5.92 Å². The molecule has 2 fully saturated rings. The van der Waals surface area contributed by atoms with E-state index in [2.05, 4.69) is 4.57 Å². The zero-order chi connectivity index (χ0) is 24.8. The number of hydrogen-bond acceptors (Lipinski definition) is 4. The summed E-state index contributed by atoms with van der Waals surface area (Å²) in [6.07, 6.45) is 6.92. The Labute approximate surface area is 211 Å². The Hall–Kier alpha value is -3.74. The van der Waals surface area contributed by atoms with Gasteiger partial charge < -0.3 is 18.9 Å². The van der Waals surface area contributed by atoms with Crippen LogP contribution in [0.4, 0.5) is 5.69 Å². The Balaban J connectivity index is 1.46. The summed E-state index contributed by atoms with van der Waals surface area (Å²) in [6.45, 7) is 0.0812. The molecular formula is C29H31N3O4. The van der Waals surface area contributed by atoms with Crippen LogP contribution in [0.25, 0.3) is 5.69 Å². The summed E-state index contributed by atoms with van der Waals surface area (Å²) in [5, 5.41) is 0. The van der Waals surface area contributed by atoms with Crippen LogP contribution in [0.15, 0.2) is 60.8 Å². The number of nitrogens with zero attached hydrogens (tertiary/aromatic N) is 3. The zero-order valence-corrected chi connectivity index (χ0v) is 20.7. The monoisotopic (exact) mass is 485 g/mol. The average Bonchev–Trinajstić information content (AvgIpc) is 3.59. The van der Waals surface area contributed by atoms with Crippen molar-refractivity contribution < 1.29 is 19.1 Å². The standard InChI is InChI=1S/C29H31N3O4/c1-35-21-14-15-26(36-2)22(17-21)28-25-11-6-16-30(25)23-9-3-4-10-24(23)32(28)27(33)18-31(20-12-13-20)29(34)19-7-5-8-19/h3-4,6,9-11,14-17,19-20,28H,5,7-8,12-13,18H2,1-2H3. The van der Waals surface area contributed by atoms with Gasteiger partial charge in [-0.3, -0.25) is 14.5 Å². The van der Waals surface area contributed by atoms with E-state index in [0.29, 0.717) is 11.5 Å². The van der Waals surface area contributed by atoms with Gasteiger partial charge >= 0.3 is 0 Å². The first-order valence-corrected chi connectivity index (χ1v) is 12.7. The molecule has 2 heterocycles. The van der Waals surface area contributed by atoms with Crippen LogP contribution >= 0.6 is 0 Å². The van der Waals surface area contributed by atoms with Gasteiger partial charge in [0, 0.05) is 23.7 Å². The molecule has 3 aliphatic rings. The number of carbonyl (C=O) groups is 2. The first-order chi connectivity index (χ1) is 17.6. The van der Waals surface area contributed by atoms with E-state index in [1.54, 1.807) is 14.2 Å². The number of carbonyl (C=O) groups excluding carboxylic acids is 2. The highest BCUT2D eigenvalue weighted by Gasteiger charge is 2.42. The van der Waals surface area contributed by atoms with Crippen LogP contribution in [0, 0.1) is 5.92 Å². The fraction of sp³-hybridized carbons (Fsp3) is 0.379. The molecule has 1 aromatic heterocycles. The van der Waals surface area contributed by atoms with Crippen molar-refractivity contribution in [1.29, 1.82) is 0 Å². The van der Waals surface area contributed by atoms with E-state index in [0.717, 1.165) is 54.7 Å². The predicted molar refractivity (Wildman–Crippen MR) is 137 cm³/mol. The molecule has 2 saturated carbocycles. The summed E-state index contributed by atoms with van der Waals surface area (Å²) < 4.78 is 13.4. The van der Waals surface area contributed by atoms with Crippen LogP contribution in [0.2, 0.25) is 0 Å². The fourth-order valence-electron chi connectivity index (χ4n) is 5.49. The SMILES string of the molecule is COc1ccc(OC)c(C2c3cccn3-c3ccccc3N2C(=O)CN(C(=O)C2CCC2)C2CC2)c1. The van der Waals surface area contributed by atoms with Gasteiger partial charge in [0.15, 0.2) is 0 Å². The summed E-state index contributed by atoms with van der Waals surface area (Å²) in [7, 11) is 3.27. The Bertz CT molecular complexity index is 1310. The molecule has 2 amide bonds. The Kier molecular flexibility index (Phi) is 5.70. The van der Waals surface area contributed by atoms with E-state index >= 15 is 0 Å². The van der Waals surface area contributed by atoms with Crippen molar-refractivity contribution in [1.82, 2.24) is 9.47 Å². The van der Waals surface area contributed by atoms with Gasteiger partial charge in [-0.2, -0.15) is 0 Å². The fourth-order valence-corrected chi connectivity index (χ4v) is 5.49. The lowest BCUT2D eigenvalue weighted by molar-refractivity contribution is -0.141. The van der Waals surface area contributed by atoms with Gasteiger partial charge in [0.1, 0.15) is 24.1 Å². The van der Waals surface area contributed by atoms with Crippen molar-refractivity contribution in [2.45, 2.75) is 44.2 Å². The van der Waals surface area contributed by atoms with E-state index in [9.17, 15) is 9.59 Å². The predicted octanol–water partition coefficient (Wildman–Crippen LogP) is 4.72. The number of fused-ring (bicyclic) bond motifs is 3.